The van der Waals surface area contributed by atoms with Crippen LogP contribution in [0.15, 0.2) is 24.3 Å². The second-order valence-electron chi connectivity index (χ2n) is 4.00. The number of carboxylic acid groups (broad SMARTS) is 1. The average Bonchev–Trinajstić information content (AvgIpc) is 2.38. The van der Waals surface area contributed by atoms with E-state index in [1.807, 2.05) is 24.3 Å². The minimum Gasteiger partial charge on any atom is -0.481 e. The van der Waals surface area contributed by atoms with Crippen LogP contribution in [0.2, 0.25) is 0 Å². The number of carboxylic acids is 1. The molecule has 0 radical (unpaired) electrons. The molecule has 5 nitrogen and oxygen atoms in total. The minimum absolute atomic E-state index is 0.0522. The van der Waals surface area contributed by atoms with Gasteiger partial charge in [0.25, 0.3) is 0 Å². The number of ether oxygens (including phenoxy) is 2. The summed E-state index contributed by atoms with van der Waals surface area (Å²) >= 11 is 0. The van der Waals surface area contributed by atoms with Crippen LogP contribution in [-0.2, 0) is 19.1 Å². The Morgan fingerprint density at radius 1 is 1.56 bits per heavy atom. The van der Waals surface area contributed by atoms with E-state index in [0.717, 1.165) is 6.42 Å². The van der Waals surface area contributed by atoms with E-state index in [0.29, 0.717) is 13.0 Å². The second kappa shape index (κ2) is 7.66. The number of hydrogen-bond donors (Lipinski definition) is 1. The van der Waals surface area contributed by atoms with Gasteiger partial charge in [-0.25, -0.2) is 0 Å². The molecule has 1 N–H and O–H groups in total. The second-order valence-corrected chi connectivity index (χ2v) is 4.00. The number of carbonyl (C=O) groups is 2. The Bertz CT molecular complexity index is 345. The van der Waals surface area contributed by atoms with Gasteiger partial charge >= 0.3 is 11.9 Å². The Balaban J connectivity index is 2.34. The van der Waals surface area contributed by atoms with Gasteiger partial charge < -0.3 is 14.6 Å². The third-order valence-corrected chi connectivity index (χ3v) is 2.70. The average molecular weight is 254 g/mol. The maximum atomic E-state index is 11.2. The lowest BCUT2D eigenvalue weighted by molar-refractivity contribution is -0.156. The Hall–Kier alpha value is -1.62. The first-order chi connectivity index (χ1) is 8.65. The van der Waals surface area contributed by atoms with Gasteiger partial charge in [-0.05, 0) is 19.3 Å². The van der Waals surface area contributed by atoms with Crippen molar-refractivity contribution in [2.45, 2.75) is 25.4 Å². The molecule has 100 valence electrons. The maximum Gasteiger partial charge on any atom is 0.320 e. The molecule has 18 heavy (non-hydrogen) atoms. The molecule has 0 aliphatic carbocycles. The van der Waals surface area contributed by atoms with Crippen molar-refractivity contribution < 1.29 is 24.2 Å². The zero-order chi connectivity index (χ0) is 13.4. The van der Waals surface area contributed by atoms with Crippen molar-refractivity contribution >= 4 is 11.9 Å². The maximum absolute atomic E-state index is 11.2. The molecule has 0 aromatic carbocycles. The van der Waals surface area contributed by atoms with Crippen molar-refractivity contribution in [2.24, 2.45) is 5.92 Å². The standard InChI is InChI=1S/C13H18O5/c1-17-13(16)11(12(14)15)8-3-2-6-10-7-4-5-9-18-10/h2,4-6,10-11H,3,7-9H2,1H3,(H,14,15)/b6-2+. The highest BCUT2D eigenvalue weighted by Gasteiger charge is 2.25. The van der Waals surface area contributed by atoms with Crippen LogP contribution in [0.25, 0.3) is 0 Å². The zero-order valence-electron chi connectivity index (χ0n) is 10.4. The van der Waals surface area contributed by atoms with E-state index >= 15 is 0 Å². The van der Waals surface area contributed by atoms with E-state index in [-0.39, 0.29) is 12.5 Å². The van der Waals surface area contributed by atoms with E-state index in [2.05, 4.69) is 4.74 Å². The lowest BCUT2D eigenvalue weighted by atomic mass is 10.0. The van der Waals surface area contributed by atoms with Gasteiger partial charge in [-0.2, -0.15) is 0 Å². The molecule has 1 rings (SSSR count). The molecule has 0 spiro atoms. The fourth-order valence-electron chi connectivity index (χ4n) is 1.68. The largest absolute Gasteiger partial charge is 0.481 e. The van der Waals surface area contributed by atoms with Gasteiger partial charge in [0, 0.05) is 0 Å². The minimum atomic E-state index is -1.15. The highest BCUT2D eigenvalue weighted by atomic mass is 16.5. The predicted octanol–water partition coefficient (Wildman–Crippen LogP) is 1.54. The third kappa shape index (κ3) is 4.71. The van der Waals surface area contributed by atoms with Gasteiger partial charge in [-0.15, -0.1) is 0 Å². The summed E-state index contributed by atoms with van der Waals surface area (Å²) in [5, 5.41) is 8.86. The smallest absolute Gasteiger partial charge is 0.320 e. The van der Waals surface area contributed by atoms with Crippen LogP contribution in [0.3, 0.4) is 0 Å². The van der Waals surface area contributed by atoms with Crippen LogP contribution in [0, 0.1) is 5.92 Å². The van der Waals surface area contributed by atoms with E-state index < -0.39 is 17.9 Å². The van der Waals surface area contributed by atoms with Crippen molar-refractivity contribution in [3.05, 3.63) is 24.3 Å². The van der Waals surface area contributed by atoms with Gasteiger partial charge in [-0.3, -0.25) is 9.59 Å². The molecule has 0 saturated carbocycles. The van der Waals surface area contributed by atoms with Gasteiger partial charge in [0.1, 0.15) is 0 Å². The molecule has 2 atom stereocenters. The molecule has 0 aromatic rings. The summed E-state index contributed by atoms with van der Waals surface area (Å²) in [7, 11) is 1.19. The molecule has 1 aliphatic heterocycles. The molecular formula is C13H18O5. The van der Waals surface area contributed by atoms with Crippen molar-refractivity contribution in [1.82, 2.24) is 0 Å². The van der Waals surface area contributed by atoms with Gasteiger partial charge in [-0.1, -0.05) is 24.3 Å². The first kappa shape index (κ1) is 14.4. The first-order valence-corrected chi connectivity index (χ1v) is 5.89. The molecule has 0 bridgehead atoms. The van der Waals surface area contributed by atoms with Gasteiger partial charge in [0.05, 0.1) is 19.8 Å². The number of carbonyl (C=O) groups excluding carboxylic acids is 1. The fraction of sp³-hybridized carbons (Fsp3) is 0.538. The third-order valence-electron chi connectivity index (χ3n) is 2.70. The zero-order valence-corrected chi connectivity index (χ0v) is 10.4. The van der Waals surface area contributed by atoms with Gasteiger partial charge in [0.2, 0.25) is 0 Å². The normalized spacial score (nSPS) is 20.8. The highest BCUT2D eigenvalue weighted by molar-refractivity contribution is 5.93. The van der Waals surface area contributed by atoms with E-state index in [1.165, 1.54) is 7.11 Å². The molecule has 0 saturated heterocycles. The van der Waals surface area contributed by atoms with Crippen LogP contribution in [0.5, 0.6) is 0 Å². The summed E-state index contributed by atoms with van der Waals surface area (Å²) in [4.78, 5) is 22.0. The molecule has 1 aliphatic rings. The summed E-state index contributed by atoms with van der Waals surface area (Å²) in [6, 6.07) is 0. The molecular weight excluding hydrogens is 236 g/mol. The lowest BCUT2D eigenvalue weighted by Crippen LogP contribution is -2.24. The van der Waals surface area contributed by atoms with Gasteiger partial charge in [0.15, 0.2) is 5.92 Å². The summed E-state index contributed by atoms with van der Waals surface area (Å²) in [5.74, 6) is -2.94. The van der Waals surface area contributed by atoms with Crippen molar-refractivity contribution in [3.8, 4) is 0 Å². The number of esters is 1. The lowest BCUT2D eigenvalue weighted by Gasteiger charge is -2.14. The Morgan fingerprint density at radius 3 is 2.89 bits per heavy atom. The molecule has 5 heteroatoms. The number of hydrogen-bond acceptors (Lipinski definition) is 4. The summed E-state index contributed by atoms with van der Waals surface area (Å²) in [5.41, 5.74) is 0. The van der Waals surface area contributed by atoms with E-state index in [9.17, 15) is 9.59 Å². The number of rotatable bonds is 6. The SMILES string of the molecule is COC(=O)C(CC/C=C/C1CC=CCO1)C(=O)O. The summed E-state index contributed by atoms with van der Waals surface area (Å²) in [6.45, 7) is 0.606. The monoisotopic (exact) mass is 254 g/mol. The van der Waals surface area contributed by atoms with Crippen molar-refractivity contribution in [2.75, 3.05) is 13.7 Å². The summed E-state index contributed by atoms with van der Waals surface area (Å²) in [6.07, 6.45) is 9.39. The molecule has 1 heterocycles. The van der Waals surface area contributed by atoms with Crippen LogP contribution in [-0.4, -0.2) is 36.9 Å². The first-order valence-electron chi connectivity index (χ1n) is 5.89. The van der Waals surface area contributed by atoms with Crippen molar-refractivity contribution in [3.63, 3.8) is 0 Å². The van der Waals surface area contributed by atoms with Crippen molar-refractivity contribution in [1.29, 1.82) is 0 Å². The fourth-order valence-corrected chi connectivity index (χ4v) is 1.68. The topological polar surface area (TPSA) is 72.8 Å². The van der Waals surface area contributed by atoms with E-state index in [1.54, 1.807) is 0 Å². The van der Waals surface area contributed by atoms with Crippen LogP contribution in [0.1, 0.15) is 19.3 Å². The Kier molecular flexibility index (Phi) is 6.14. The summed E-state index contributed by atoms with van der Waals surface area (Å²) < 4.78 is 9.86. The van der Waals surface area contributed by atoms with Crippen LogP contribution >= 0.6 is 0 Å². The Morgan fingerprint density at radius 2 is 2.33 bits per heavy atom. The quantitative estimate of drug-likeness (QED) is 0.442. The highest BCUT2D eigenvalue weighted by Crippen LogP contribution is 2.12. The van der Waals surface area contributed by atoms with Crippen LogP contribution < -0.4 is 0 Å². The number of allylic oxidation sites excluding steroid dienone is 1. The number of methoxy groups -OCH3 is 1. The Labute approximate surface area is 106 Å². The molecule has 0 amide bonds. The predicted molar refractivity (Wildman–Crippen MR) is 65.0 cm³/mol. The molecule has 0 aromatic heterocycles. The number of aliphatic carboxylic acids is 1. The van der Waals surface area contributed by atoms with E-state index in [4.69, 9.17) is 9.84 Å². The van der Waals surface area contributed by atoms with Crippen LogP contribution in [0.4, 0.5) is 0 Å². The molecule has 2 unspecified atom stereocenters. The molecule has 0 fully saturated rings.